The highest BCUT2D eigenvalue weighted by Gasteiger charge is 2.28. The Morgan fingerprint density at radius 2 is 1.46 bits per heavy atom. The third kappa shape index (κ3) is 3.15. The number of nitrogens with zero attached hydrogens (tertiary/aromatic N) is 4. The fourth-order valence-electron chi connectivity index (χ4n) is 4.46. The lowest BCUT2D eigenvalue weighted by Gasteiger charge is -2.38. The number of benzene rings is 2. The van der Waals surface area contributed by atoms with E-state index in [2.05, 4.69) is 40.1 Å². The summed E-state index contributed by atoms with van der Waals surface area (Å²) in [4.78, 5) is 4.88. The Bertz CT molecular complexity index is 958. The number of piperazine rings is 1. The Labute approximate surface area is 165 Å². The van der Waals surface area contributed by atoms with Crippen LogP contribution in [0.4, 0.5) is 15.9 Å². The van der Waals surface area contributed by atoms with Crippen LogP contribution in [0, 0.1) is 5.82 Å². The zero-order chi connectivity index (χ0) is 18.9. The van der Waals surface area contributed by atoms with Crippen molar-refractivity contribution < 1.29 is 4.39 Å². The van der Waals surface area contributed by atoms with E-state index in [1.807, 2.05) is 10.7 Å². The van der Waals surface area contributed by atoms with Gasteiger partial charge in [0.2, 0.25) is 0 Å². The van der Waals surface area contributed by atoms with Gasteiger partial charge in [0.15, 0.2) is 0 Å². The summed E-state index contributed by atoms with van der Waals surface area (Å²) in [6, 6.07) is 17.4. The van der Waals surface area contributed by atoms with Gasteiger partial charge in [0.05, 0.1) is 11.4 Å². The van der Waals surface area contributed by atoms with Crippen molar-refractivity contribution in [3.8, 4) is 5.69 Å². The fourth-order valence-corrected chi connectivity index (χ4v) is 4.46. The maximum Gasteiger partial charge on any atom is 0.135 e. The molecule has 1 fully saturated rings. The van der Waals surface area contributed by atoms with Gasteiger partial charge in [-0.25, -0.2) is 9.07 Å². The average Bonchev–Trinajstić information content (AvgIpc) is 3.14. The third-order valence-corrected chi connectivity index (χ3v) is 5.88. The van der Waals surface area contributed by atoms with Gasteiger partial charge < -0.3 is 9.80 Å². The minimum atomic E-state index is -0.217. The average molecular weight is 376 g/mol. The van der Waals surface area contributed by atoms with Crippen LogP contribution in [0.2, 0.25) is 0 Å². The van der Waals surface area contributed by atoms with Crippen LogP contribution in [0.15, 0.2) is 54.6 Å². The molecule has 0 radical (unpaired) electrons. The van der Waals surface area contributed by atoms with Crippen LogP contribution in [0.5, 0.6) is 0 Å². The highest BCUT2D eigenvalue weighted by molar-refractivity contribution is 5.58. The molecule has 0 amide bonds. The van der Waals surface area contributed by atoms with Gasteiger partial charge >= 0.3 is 0 Å². The number of fused-ring (bicyclic) bond motifs is 1. The predicted molar refractivity (Wildman–Crippen MR) is 111 cm³/mol. The molecule has 2 aliphatic rings. The molecule has 1 saturated heterocycles. The summed E-state index contributed by atoms with van der Waals surface area (Å²) in [6.45, 7) is 3.85. The Kier molecular flexibility index (Phi) is 4.51. The highest BCUT2D eigenvalue weighted by Crippen LogP contribution is 2.33. The molecule has 1 aromatic heterocycles. The number of rotatable bonds is 3. The molecule has 1 aliphatic carbocycles. The van der Waals surface area contributed by atoms with E-state index >= 15 is 0 Å². The first-order chi connectivity index (χ1) is 13.8. The van der Waals surface area contributed by atoms with Crippen molar-refractivity contribution in [3.63, 3.8) is 0 Å². The van der Waals surface area contributed by atoms with Crippen molar-refractivity contribution in [1.82, 2.24) is 9.78 Å². The number of hydrogen-bond donors (Lipinski definition) is 0. The first-order valence-electron chi connectivity index (χ1n) is 10.2. The van der Waals surface area contributed by atoms with Crippen LogP contribution in [0.1, 0.15) is 24.1 Å². The standard InChI is InChI=1S/C23H25FN4/c24-18-7-6-10-20(17-18)28-23(21-11-4-5-12-22(21)25-28)27-15-13-26(14-16-27)19-8-2-1-3-9-19/h1-3,6-10,17H,4-5,11-16H2. The van der Waals surface area contributed by atoms with Gasteiger partial charge in [0.25, 0.3) is 0 Å². The molecular weight excluding hydrogens is 351 g/mol. The first kappa shape index (κ1) is 17.3. The lowest BCUT2D eigenvalue weighted by molar-refractivity contribution is 0.621. The normalized spacial score (nSPS) is 16.9. The number of aromatic nitrogens is 2. The summed E-state index contributed by atoms with van der Waals surface area (Å²) in [5.74, 6) is 0.957. The van der Waals surface area contributed by atoms with Crippen LogP contribution in [0.3, 0.4) is 0 Å². The number of halogens is 1. The molecule has 4 nitrogen and oxygen atoms in total. The Morgan fingerprint density at radius 3 is 2.25 bits per heavy atom. The quantitative estimate of drug-likeness (QED) is 0.684. The molecule has 0 N–H and O–H groups in total. The maximum absolute atomic E-state index is 13.9. The Morgan fingerprint density at radius 1 is 0.750 bits per heavy atom. The zero-order valence-electron chi connectivity index (χ0n) is 16.0. The summed E-state index contributed by atoms with van der Waals surface area (Å²) in [6.07, 6.45) is 4.49. The summed E-state index contributed by atoms with van der Waals surface area (Å²) < 4.78 is 15.9. The van der Waals surface area contributed by atoms with Gasteiger partial charge in [-0.15, -0.1) is 0 Å². The van der Waals surface area contributed by atoms with Crippen molar-refractivity contribution in [2.45, 2.75) is 25.7 Å². The molecule has 0 spiro atoms. The SMILES string of the molecule is Fc1cccc(-n2nc3c(c2N2CCN(c4ccccc4)CC2)CCCC3)c1. The van der Waals surface area contributed by atoms with Crippen molar-refractivity contribution in [2.24, 2.45) is 0 Å². The molecule has 3 aromatic rings. The first-order valence-corrected chi connectivity index (χ1v) is 10.2. The summed E-state index contributed by atoms with van der Waals surface area (Å²) >= 11 is 0. The summed E-state index contributed by atoms with van der Waals surface area (Å²) in [5.41, 5.74) is 4.65. The van der Waals surface area contributed by atoms with Gasteiger partial charge in [-0.3, -0.25) is 0 Å². The number of hydrogen-bond acceptors (Lipinski definition) is 3. The predicted octanol–water partition coefficient (Wildman–Crippen LogP) is 4.22. The molecule has 28 heavy (non-hydrogen) atoms. The number of para-hydroxylation sites is 1. The number of anilines is 2. The second kappa shape index (κ2) is 7.30. The topological polar surface area (TPSA) is 24.3 Å². The monoisotopic (exact) mass is 376 g/mol. The highest BCUT2D eigenvalue weighted by atomic mass is 19.1. The molecule has 0 saturated carbocycles. The van der Waals surface area contributed by atoms with Gasteiger partial charge in [-0.05, 0) is 56.0 Å². The minimum Gasteiger partial charge on any atom is -0.368 e. The molecule has 5 heteroatoms. The van der Waals surface area contributed by atoms with Crippen molar-refractivity contribution >= 4 is 11.5 Å². The maximum atomic E-state index is 13.9. The third-order valence-electron chi connectivity index (χ3n) is 5.88. The van der Waals surface area contributed by atoms with Crippen LogP contribution >= 0.6 is 0 Å². The van der Waals surface area contributed by atoms with E-state index < -0.39 is 0 Å². The van der Waals surface area contributed by atoms with Crippen LogP contribution < -0.4 is 9.80 Å². The lowest BCUT2D eigenvalue weighted by atomic mass is 9.97. The molecule has 0 bridgehead atoms. The van der Waals surface area contributed by atoms with Gasteiger partial charge in [-0.2, -0.15) is 5.10 Å². The van der Waals surface area contributed by atoms with Crippen LogP contribution in [-0.4, -0.2) is 36.0 Å². The van der Waals surface area contributed by atoms with Crippen molar-refractivity contribution in [1.29, 1.82) is 0 Å². The van der Waals surface area contributed by atoms with E-state index in [0.717, 1.165) is 44.7 Å². The molecule has 2 heterocycles. The summed E-state index contributed by atoms with van der Waals surface area (Å²) in [7, 11) is 0. The van der Waals surface area contributed by atoms with E-state index in [0.29, 0.717) is 0 Å². The van der Waals surface area contributed by atoms with Crippen LogP contribution in [-0.2, 0) is 12.8 Å². The lowest BCUT2D eigenvalue weighted by Crippen LogP contribution is -2.47. The van der Waals surface area contributed by atoms with E-state index in [9.17, 15) is 4.39 Å². The Balaban J connectivity index is 1.47. The molecule has 5 rings (SSSR count). The largest absolute Gasteiger partial charge is 0.368 e. The molecule has 1 aliphatic heterocycles. The minimum absolute atomic E-state index is 0.217. The molecule has 0 atom stereocenters. The van der Waals surface area contributed by atoms with E-state index in [1.165, 1.54) is 41.7 Å². The fraction of sp³-hybridized carbons (Fsp3) is 0.348. The molecular formula is C23H25FN4. The number of aryl methyl sites for hydroxylation is 1. The smallest absolute Gasteiger partial charge is 0.135 e. The van der Waals surface area contributed by atoms with E-state index in [1.54, 1.807) is 12.1 Å². The molecule has 2 aromatic carbocycles. The van der Waals surface area contributed by atoms with E-state index in [4.69, 9.17) is 5.10 Å². The molecule has 144 valence electrons. The summed E-state index contributed by atoms with van der Waals surface area (Å²) in [5, 5.41) is 4.91. The second-order valence-corrected chi connectivity index (χ2v) is 7.66. The van der Waals surface area contributed by atoms with Gasteiger partial charge in [0, 0.05) is 37.4 Å². The molecule has 0 unspecified atom stereocenters. The van der Waals surface area contributed by atoms with Crippen LogP contribution in [0.25, 0.3) is 5.69 Å². The Hall–Kier alpha value is -2.82. The zero-order valence-corrected chi connectivity index (χ0v) is 16.0. The van der Waals surface area contributed by atoms with Crippen molar-refractivity contribution in [3.05, 3.63) is 71.7 Å². The van der Waals surface area contributed by atoms with Crippen molar-refractivity contribution in [2.75, 3.05) is 36.0 Å². The second-order valence-electron chi connectivity index (χ2n) is 7.66. The van der Waals surface area contributed by atoms with E-state index in [-0.39, 0.29) is 5.82 Å². The van der Waals surface area contributed by atoms with Gasteiger partial charge in [0.1, 0.15) is 11.6 Å². The van der Waals surface area contributed by atoms with Gasteiger partial charge in [-0.1, -0.05) is 24.3 Å².